The summed E-state index contributed by atoms with van der Waals surface area (Å²) in [6.07, 6.45) is 0. The van der Waals surface area contributed by atoms with Crippen molar-refractivity contribution in [2.24, 2.45) is 0 Å². The first kappa shape index (κ1) is 19.3. The van der Waals surface area contributed by atoms with Gasteiger partial charge in [0.1, 0.15) is 11.5 Å². The third-order valence-corrected chi connectivity index (χ3v) is 8.78. The van der Waals surface area contributed by atoms with Crippen molar-refractivity contribution in [2.75, 3.05) is 14.2 Å². The highest BCUT2D eigenvalue weighted by atomic mass is 32.3. The molecule has 0 radical (unpaired) electrons. The summed E-state index contributed by atoms with van der Waals surface area (Å²) in [5, 5.41) is 7.16. The molecule has 27 heavy (non-hydrogen) atoms. The fourth-order valence-corrected chi connectivity index (χ4v) is 6.21. The SMILES string of the molecule is COc1ccc(S(=O)(=O)c2nnc(S(=O)(=O)c3ccc(OC)cc3)s2)cc1. The van der Waals surface area contributed by atoms with Crippen LogP contribution in [0, 0.1) is 0 Å². The summed E-state index contributed by atoms with van der Waals surface area (Å²) in [4.78, 5) is -0.0688. The van der Waals surface area contributed by atoms with Gasteiger partial charge in [-0.15, -0.1) is 10.2 Å². The largest absolute Gasteiger partial charge is 0.497 e. The maximum absolute atomic E-state index is 12.6. The van der Waals surface area contributed by atoms with Crippen LogP contribution >= 0.6 is 11.3 Å². The predicted octanol–water partition coefficient (Wildman–Crippen LogP) is 2.22. The summed E-state index contributed by atoms with van der Waals surface area (Å²) >= 11 is 0.496. The van der Waals surface area contributed by atoms with E-state index in [1.165, 1.54) is 62.8 Å². The van der Waals surface area contributed by atoms with Gasteiger partial charge in [-0.2, -0.15) is 0 Å². The van der Waals surface area contributed by atoms with Gasteiger partial charge >= 0.3 is 0 Å². The van der Waals surface area contributed by atoms with Crippen molar-refractivity contribution in [2.45, 2.75) is 18.5 Å². The fraction of sp³-hybridized carbons (Fsp3) is 0.125. The number of benzene rings is 2. The van der Waals surface area contributed by atoms with Crippen LogP contribution in [0.4, 0.5) is 0 Å². The average molecular weight is 426 g/mol. The molecule has 0 aliphatic carbocycles. The van der Waals surface area contributed by atoms with Gasteiger partial charge in [0.15, 0.2) is 0 Å². The summed E-state index contributed by atoms with van der Waals surface area (Å²) in [7, 11) is -5.06. The van der Waals surface area contributed by atoms with Crippen LogP contribution in [-0.4, -0.2) is 41.3 Å². The third-order valence-electron chi connectivity index (χ3n) is 3.59. The molecule has 0 bridgehead atoms. The number of sulfone groups is 2. The van der Waals surface area contributed by atoms with Crippen molar-refractivity contribution in [1.29, 1.82) is 0 Å². The summed E-state index contributed by atoms with van der Waals surface area (Å²) in [6.45, 7) is 0. The topological polar surface area (TPSA) is 113 Å². The van der Waals surface area contributed by atoms with Crippen molar-refractivity contribution in [3.8, 4) is 11.5 Å². The van der Waals surface area contributed by atoms with Crippen molar-refractivity contribution in [3.63, 3.8) is 0 Å². The molecule has 0 N–H and O–H groups in total. The van der Waals surface area contributed by atoms with Gasteiger partial charge in [0.25, 0.3) is 0 Å². The van der Waals surface area contributed by atoms with Crippen molar-refractivity contribution < 1.29 is 26.3 Å². The Labute approximate surface area is 160 Å². The number of aromatic nitrogens is 2. The van der Waals surface area contributed by atoms with E-state index < -0.39 is 28.4 Å². The highest BCUT2D eigenvalue weighted by Crippen LogP contribution is 2.30. The van der Waals surface area contributed by atoms with Gasteiger partial charge < -0.3 is 9.47 Å². The van der Waals surface area contributed by atoms with Gasteiger partial charge in [0.05, 0.1) is 24.0 Å². The molecule has 3 rings (SSSR count). The zero-order valence-corrected chi connectivity index (χ0v) is 16.6. The molecule has 0 fully saturated rings. The van der Waals surface area contributed by atoms with Crippen LogP contribution in [0.2, 0.25) is 0 Å². The zero-order valence-electron chi connectivity index (χ0n) is 14.2. The Kier molecular flexibility index (Phi) is 5.18. The Morgan fingerprint density at radius 2 is 1.00 bits per heavy atom. The van der Waals surface area contributed by atoms with Crippen LogP contribution in [0.1, 0.15) is 0 Å². The summed E-state index contributed by atoms with van der Waals surface area (Å²) in [6, 6.07) is 11.4. The van der Waals surface area contributed by atoms with Crippen LogP contribution in [0.3, 0.4) is 0 Å². The lowest BCUT2D eigenvalue weighted by Gasteiger charge is -2.03. The molecular weight excluding hydrogens is 412 g/mol. The minimum absolute atomic E-state index is 0.0344. The number of hydrogen-bond donors (Lipinski definition) is 0. The monoisotopic (exact) mass is 426 g/mol. The minimum atomic E-state index is -3.99. The molecule has 0 saturated heterocycles. The van der Waals surface area contributed by atoms with Gasteiger partial charge in [0.2, 0.25) is 28.4 Å². The molecule has 8 nitrogen and oxygen atoms in total. The predicted molar refractivity (Wildman–Crippen MR) is 96.8 cm³/mol. The molecule has 0 amide bonds. The van der Waals surface area contributed by atoms with E-state index in [0.29, 0.717) is 22.8 Å². The molecular formula is C16H14N2O6S3. The molecule has 142 valence electrons. The number of methoxy groups -OCH3 is 2. The Morgan fingerprint density at radius 1 is 0.667 bits per heavy atom. The molecule has 1 aromatic heterocycles. The number of ether oxygens (including phenoxy) is 2. The van der Waals surface area contributed by atoms with E-state index in [9.17, 15) is 16.8 Å². The number of rotatable bonds is 6. The Hall–Kier alpha value is -2.50. The highest BCUT2D eigenvalue weighted by Gasteiger charge is 2.28. The van der Waals surface area contributed by atoms with Gasteiger partial charge in [-0.25, -0.2) is 16.8 Å². The third kappa shape index (κ3) is 3.66. The van der Waals surface area contributed by atoms with E-state index in [1.807, 2.05) is 0 Å². The first-order chi connectivity index (χ1) is 12.8. The van der Waals surface area contributed by atoms with E-state index in [0.717, 1.165) is 0 Å². The first-order valence-electron chi connectivity index (χ1n) is 7.41. The molecule has 0 unspecified atom stereocenters. The van der Waals surface area contributed by atoms with Gasteiger partial charge in [0, 0.05) is 0 Å². The molecule has 11 heteroatoms. The second kappa shape index (κ2) is 7.25. The smallest absolute Gasteiger partial charge is 0.238 e. The van der Waals surface area contributed by atoms with Crippen molar-refractivity contribution >= 4 is 31.0 Å². The van der Waals surface area contributed by atoms with Crippen LogP contribution in [-0.2, 0) is 19.7 Å². The van der Waals surface area contributed by atoms with Crippen molar-refractivity contribution in [3.05, 3.63) is 48.5 Å². The molecule has 0 saturated carbocycles. The first-order valence-corrected chi connectivity index (χ1v) is 11.2. The molecule has 0 aliphatic heterocycles. The van der Waals surface area contributed by atoms with Gasteiger partial charge in [-0.05, 0) is 48.5 Å². The van der Waals surface area contributed by atoms with E-state index in [-0.39, 0.29) is 9.79 Å². The summed E-state index contributed by atoms with van der Waals surface area (Å²) in [5.74, 6) is 0.989. The minimum Gasteiger partial charge on any atom is -0.497 e. The molecule has 2 aromatic carbocycles. The standard InChI is InChI=1S/C16H14N2O6S3/c1-23-11-3-7-13(8-4-11)26(19,20)15-17-18-16(25-15)27(21,22)14-9-5-12(24-2)6-10-14/h3-10H,1-2H3. The molecule has 0 atom stereocenters. The second-order valence-electron chi connectivity index (χ2n) is 5.19. The van der Waals surface area contributed by atoms with E-state index in [4.69, 9.17) is 9.47 Å². The van der Waals surface area contributed by atoms with Crippen LogP contribution < -0.4 is 9.47 Å². The fourth-order valence-electron chi connectivity index (χ4n) is 2.13. The van der Waals surface area contributed by atoms with E-state index in [1.54, 1.807) is 0 Å². The van der Waals surface area contributed by atoms with Crippen molar-refractivity contribution in [1.82, 2.24) is 10.2 Å². The van der Waals surface area contributed by atoms with Gasteiger partial charge in [-0.3, -0.25) is 0 Å². The number of nitrogens with zero attached hydrogens (tertiary/aromatic N) is 2. The van der Waals surface area contributed by atoms with E-state index in [2.05, 4.69) is 10.2 Å². The summed E-state index contributed by atoms with van der Waals surface area (Å²) in [5.41, 5.74) is 0. The summed E-state index contributed by atoms with van der Waals surface area (Å²) < 4.78 is 59.8. The van der Waals surface area contributed by atoms with Crippen LogP contribution in [0.15, 0.2) is 67.0 Å². The lowest BCUT2D eigenvalue weighted by molar-refractivity contribution is 0.414. The Bertz CT molecular complexity index is 1060. The second-order valence-corrected chi connectivity index (χ2v) is 10.4. The quantitative estimate of drug-likeness (QED) is 0.590. The average Bonchev–Trinajstić information content (AvgIpc) is 3.20. The van der Waals surface area contributed by atoms with Crippen LogP contribution in [0.5, 0.6) is 11.5 Å². The molecule has 3 aromatic rings. The highest BCUT2D eigenvalue weighted by molar-refractivity contribution is 7.95. The zero-order chi connectivity index (χ0) is 19.7. The Balaban J connectivity index is 1.97. The molecule has 1 heterocycles. The molecule has 0 spiro atoms. The normalized spacial score (nSPS) is 11.9. The van der Waals surface area contributed by atoms with E-state index >= 15 is 0 Å². The molecule has 0 aliphatic rings. The lowest BCUT2D eigenvalue weighted by Crippen LogP contribution is -2.01. The van der Waals surface area contributed by atoms with Crippen LogP contribution in [0.25, 0.3) is 0 Å². The maximum atomic E-state index is 12.6. The van der Waals surface area contributed by atoms with Gasteiger partial charge in [-0.1, -0.05) is 11.3 Å². The maximum Gasteiger partial charge on any atom is 0.238 e. The number of hydrogen-bond acceptors (Lipinski definition) is 9. The lowest BCUT2D eigenvalue weighted by atomic mass is 10.3. The Morgan fingerprint density at radius 3 is 1.30 bits per heavy atom.